The topological polar surface area (TPSA) is 66.5 Å². The number of amides is 1. The van der Waals surface area contributed by atoms with Crippen molar-refractivity contribution in [2.75, 3.05) is 10.8 Å². The van der Waals surface area contributed by atoms with Crippen molar-refractivity contribution in [3.8, 4) is 0 Å². The molecule has 0 heterocycles. The molecule has 0 aromatic heterocycles. The van der Waals surface area contributed by atoms with Gasteiger partial charge in [-0.25, -0.2) is 8.42 Å². The molecule has 1 N–H and O–H groups in total. The minimum absolute atomic E-state index is 0.0475. The normalized spacial score (nSPS) is 12.3. The standard InChI is InChI=1S/C24H24Cl2N2O3S/c1-16-12-13-20(17(2)14-16)18(3)27-23(29)15-28(22-11-7-10-21(25)24(22)26)32(30,31)19-8-5-4-6-9-19/h4-14,18H,15H2,1-3H3,(H,27,29). The van der Waals surface area contributed by atoms with Crippen molar-refractivity contribution in [2.24, 2.45) is 0 Å². The molecular weight excluding hydrogens is 467 g/mol. The van der Waals surface area contributed by atoms with Gasteiger partial charge in [-0.2, -0.15) is 0 Å². The molecule has 32 heavy (non-hydrogen) atoms. The Bertz CT molecular complexity index is 1230. The Labute approximate surface area is 199 Å². The lowest BCUT2D eigenvalue weighted by Crippen LogP contribution is -2.41. The van der Waals surface area contributed by atoms with E-state index in [0.29, 0.717) is 0 Å². The number of halogens is 2. The zero-order valence-electron chi connectivity index (χ0n) is 18.0. The first-order valence-electron chi connectivity index (χ1n) is 9.99. The van der Waals surface area contributed by atoms with Gasteiger partial charge in [-0.05, 0) is 56.2 Å². The van der Waals surface area contributed by atoms with Gasteiger partial charge >= 0.3 is 0 Å². The van der Waals surface area contributed by atoms with Crippen molar-refractivity contribution in [1.82, 2.24) is 5.32 Å². The summed E-state index contributed by atoms with van der Waals surface area (Å²) in [6.07, 6.45) is 0. The largest absolute Gasteiger partial charge is 0.348 e. The van der Waals surface area contributed by atoms with Crippen LogP contribution in [0, 0.1) is 13.8 Å². The van der Waals surface area contributed by atoms with Crippen LogP contribution in [0.1, 0.15) is 29.7 Å². The number of nitrogens with zero attached hydrogens (tertiary/aromatic N) is 1. The Morgan fingerprint density at radius 1 is 1.00 bits per heavy atom. The number of carbonyl (C=O) groups excluding carboxylic acids is 1. The van der Waals surface area contributed by atoms with E-state index >= 15 is 0 Å². The van der Waals surface area contributed by atoms with Gasteiger partial charge in [0.1, 0.15) is 6.54 Å². The molecule has 0 aliphatic rings. The predicted octanol–water partition coefficient (Wildman–Crippen LogP) is 5.68. The number of carbonyl (C=O) groups is 1. The minimum Gasteiger partial charge on any atom is -0.348 e. The molecule has 1 amide bonds. The fraction of sp³-hybridized carbons (Fsp3) is 0.208. The van der Waals surface area contributed by atoms with Crippen LogP contribution >= 0.6 is 23.2 Å². The van der Waals surface area contributed by atoms with Crippen LogP contribution in [0.15, 0.2) is 71.6 Å². The van der Waals surface area contributed by atoms with E-state index in [2.05, 4.69) is 5.32 Å². The van der Waals surface area contributed by atoms with E-state index in [1.54, 1.807) is 30.3 Å². The molecule has 3 aromatic carbocycles. The van der Waals surface area contributed by atoms with E-state index in [9.17, 15) is 13.2 Å². The fourth-order valence-electron chi connectivity index (χ4n) is 3.51. The summed E-state index contributed by atoms with van der Waals surface area (Å²) in [6.45, 7) is 5.38. The fourth-order valence-corrected chi connectivity index (χ4v) is 5.41. The summed E-state index contributed by atoms with van der Waals surface area (Å²) in [4.78, 5) is 13.0. The molecule has 168 valence electrons. The lowest BCUT2D eigenvalue weighted by molar-refractivity contribution is -0.120. The highest BCUT2D eigenvalue weighted by Crippen LogP contribution is 2.35. The zero-order chi connectivity index (χ0) is 23.5. The van der Waals surface area contributed by atoms with Crippen LogP contribution in [0.25, 0.3) is 0 Å². The maximum absolute atomic E-state index is 13.4. The highest BCUT2D eigenvalue weighted by Gasteiger charge is 2.29. The summed E-state index contributed by atoms with van der Waals surface area (Å²) in [6, 6.07) is 18.2. The van der Waals surface area contributed by atoms with Gasteiger partial charge in [0.2, 0.25) is 5.91 Å². The molecule has 3 aromatic rings. The average molecular weight is 491 g/mol. The summed E-state index contributed by atoms with van der Waals surface area (Å²) < 4.78 is 27.8. The Hall–Kier alpha value is -2.54. The molecule has 5 nitrogen and oxygen atoms in total. The van der Waals surface area contributed by atoms with Gasteiger partial charge in [-0.1, -0.05) is 71.2 Å². The first kappa shape index (κ1) is 24.1. The number of aryl methyl sites for hydroxylation is 2. The smallest absolute Gasteiger partial charge is 0.264 e. The van der Waals surface area contributed by atoms with Crippen molar-refractivity contribution in [1.29, 1.82) is 0 Å². The van der Waals surface area contributed by atoms with E-state index in [0.717, 1.165) is 21.0 Å². The van der Waals surface area contributed by atoms with Gasteiger partial charge in [0.15, 0.2) is 0 Å². The Kier molecular flexibility index (Phi) is 7.49. The molecule has 3 rings (SSSR count). The molecule has 1 unspecified atom stereocenters. The van der Waals surface area contributed by atoms with Crippen molar-refractivity contribution in [2.45, 2.75) is 31.7 Å². The quantitative estimate of drug-likeness (QED) is 0.462. The second kappa shape index (κ2) is 9.94. The summed E-state index contributed by atoms with van der Waals surface area (Å²) in [7, 11) is -4.07. The zero-order valence-corrected chi connectivity index (χ0v) is 20.3. The Morgan fingerprint density at radius 3 is 2.34 bits per heavy atom. The number of benzene rings is 3. The molecule has 8 heteroatoms. The summed E-state index contributed by atoms with van der Waals surface area (Å²) >= 11 is 12.5. The number of nitrogens with one attached hydrogen (secondary N) is 1. The first-order valence-corrected chi connectivity index (χ1v) is 12.2. The Balaban J connectivity index is 1.94. The van der Waals surface area contributed by atoms with E-state index in [1.165, 1.54) is 18.2 Å². The summed E-state index contributed by atoms with van der Waals surface area (Å²) in [5.74, 6) is -0.465. The molecule has 0 fully saturated rings. The van der Waals surface area contributed by atoms with E-state index in [-0.39, 0.29) is 26.7 Å². The maximum atomic E-state index is 13.4. The molecule has 0 bridgehead atoms. The van der Waals surface area contributed by atoms with E-state index in [4.69, 9.17) is 23.2 Å². The Morgan fingerprint density at radius 2 is 1.69 bits per heavy atom. The third-order valence-electron chi connectivity index (χ3n) is 5.09. The lowest BCUT2D eigenvalue weighted by Gasteiger charge is -2.26. The highest BCUT2D eigenvalue weighted by atomic mass is 35.5. The second-order valence-corrected chi connectivity index (χ2v) is 10.2. The van der Waals surface area contributed by atoms with Crippen LogP contribution < -0.4 is 9.62 Å². The van der Waals surface area contributed by atoms with Gasteiger partial charge in [0, 0.05) is 0 Å². The lowest BCUT2D eigenvalue weighted by atomic mass is 10.0. The van der Waals surface area contributed by atoms with Crippen molar-refractivity contribution < 1.29 is 13.2 Å². The molecule has 0 aliphatic heterocycles. The molecule has 1 atom stereocenters. The van der Waals surface area contributed by atoms with Gasteiger partial charge < -0.3 is 5.32 Å². The van der Waals surface area contributed by atoms with Crippen LogP contribution in [0.5, 0.6) is 0 Å². The monoisotopic (exact) mass is 490 g/mol. The number of sulfonamides is 1. The third-order valence-corrected chi connectivity index (χ3v) is 7.67. The average Bonchev–Trinajstić information content (AvgIpc) is 2.74. The van der Waals surface area contributed by atoms with Gasteiger partial charge in [-0.15, -0.1) is 0 Å². The first-order chi connectivity index (χ1) is 15.1. The van der Waals surface area contributed by atoms with Crippen LogP contribution in [-0.2, 0) is 14.8 Å². The molecule has 0 spiro atoms. The number of rotatable bonds is 7. The van der Waals surface area contributed by atoms with Crippen molar-refractivity contribution in [3.05, 3.63) is 93.5 Å². The van der Waals surface area contributed by atoms with Crippen LogP contribution in [0.2, 0.25) is 10.0 Å². The molecule has 0 saturated heterocycles. The van der Waals surface area contributed by atoms with Crippen molar-refractivity contribution >= 4 is 44.8 Å². The highest BCUT2D eigenvalue weighted by molar-refractivity contribution is 7.92. The number of anilines is 1. The second-order valence-electron chi connectivity index (χ2n) is 7.55. The summed E-state index contributed by atoms with van der Waals surface area (Å²) in [5.41, 5.74) is 3.27. The molecule has 0 aliphatic carbocycles. The van der Waals surface area contributed by atoms with E-state index < -0.39 is 22.5 Å². The molecule has 0 saturated carbocycles. The van der Waals surface area contributed by atoms with Crippen molar-refractivity contribution in [3.63, 3.8) is 0 Å². The molecule has 0 radical (unpaired) electrons. The van der Waals surface area contributed by atoms with Gasteiger partial charge in [0.25, 0.3) is 10.0 Å². The van der Waals surface area contributed by atoms with E-state index in [1.807, 2.05) is 39.0 Å². The van der Waals surface area contributed by atoms with Crippen LogP contribution in [-0.4, -0.2) is 20.9 Å². The number of hydrogen-bond donors (Lipinski definition) is 1. The SMILES string of the molecule is Cc1ccc(C(C)NC(=O)CN(c2cccc(Cl)c2Cl)S(=O)(=O)c2ccccc2)c(C)c1. The maximum Gasteiger partial charge on any atom is 0.264 e. The summed E-state index contributed by atoms with van der Waals surface area (Å²) in [5, 5.41) is 3.15. The molecular formula is C24H24Cl2N2O3S. The minimum atomic E-state index is -4.07. The van der Waals surface area contributed by atoms with Gasteiger partial charge in [0.05, 0.1) is 26.7 Å². The van der Waals surface area contributed by atoms with Gasteiger partial charge in [-0.3, -0.25) is 9.10 Å². The number of hydrogen-bond acceptors (Lipinski definition) is 3. The van der Waals surface area contributed by atoms with Crippen LogP contribution in [0.3, 0.4) is 0 Å². The predicted molar refractivity (Wildman–Crippen MR) is 130 cm³/mol. The van der Waals surface area contributed by atoms with Crippen LogP contribution in [0.4, 0.5) is 5.69 Å². The third kappa shape index (κ3) is 5.26.